The Balaban J connectivity index is 2.78. The molecule has 0 saturated carbocycles. The molecule has 0 heterocycles. The Morgan fingerprint density at radius 3 is 2.70 bits per heavy atom. The van der Waals surface area contributed by atoms with E-state index < -0.39 is 22.9 Å². The molecule has 1 aromatic rings. The Morgan fingerprint density at radius 2 is 2.13 bits per heavy atom. The number of methoxy groups -OCH3 is 1. The van der Waals surface area contributed by atoms with Gasteiger partial charge in [-0.2, -0.15) is 0 Å². The van der Waals surface area contributed by atoms with E-state index in [9.17, 15) is 19.7 Å². The van der Waals surface area contributed by atoms with Gasteiger partial charge in [-0.3, -0.25) is 14.9 Å². The maximum absolute atomic E-state index is 12.0. The molecule has 1 N–H and O–H groups in total. The number of allylic oxidation sites excluding steroid dienone is 1. The number of nitrogens with zero attached hydrogens (tertiary/aromatic N) is 1. The maximum Gasteiger partial charge on any atom is 0.331 e. The summed E-state index contributed by atoms with van der Waals surface area (Å²) in [4.78, 5) is 33.6. The summed E-state index contributed by atoms with van der Waals surface area (Å²) in [5, 5.41) is 13.2. The fourth-order valence-electron chi connectivity index (χ4n) is 1.61. The average molecular weight is 322 g/mol. The van der Waals surface area contributed by atoms with Gasteiger partial charge in [0.25, 0.3) is 11.6 Å². The molecule has 0 bridgehead atoms. The van der Waals surface area contributed by atoms with E-state index in [4.69, 9.17) is 9.47 Å². The van der Waals surface area contributed by atoms with E-state index in [1.165, 1.54) is 38.3 Å². The molecule has 0 radical (unpaired) electrons. The summed E-state index contributed by atoms with van der Waals surface area (Å²) in [6, 6.07) is 3.77. The van der Waals surface area contributed by atoms with Gasteiger partial charge in [-0.05, 0) is 19.4 Å². The van der Waals surface area contributed by atoms with Crippen LogP contribution in [0.25, 0.3) is 0 Å². The van der Waals surface area contributed by atoms with Gasteiger partial charge < -0.3 is 14.8 Å². The highest BCUT2D eigenvalue weighted by Gasteiger charge is 2.19. The summed E-state index contributed by atoms with van der Waals surface area (Å²) < 4.78 is 9.95. The number of carbonyl (C=O) groups excluding carboxylic acids is 2. The van der Waals surface area contributed by atoms with Crippen LogP contribution in [0.4, 0.5) is 11.4 Å². The van der Waals surface area contributed by atoms with E-state index in [1.54, 1.807) is 6.08 Å². The zero-order chi connectivity index (χ0) is 17.4. The first-order chi connectivity index (χ1) is 10.9. The zero-order valence-electron chi connectivity index (χ0n) is 13.1. The second-order valence-electron chi connectivity index (χ2n) is 4.52. The quantitative estimate of drug-likeness (QED) is 0.357. The predicted molar refractivity (Wildman–Crippen MR) is 83.3 cm³/mol. The summed E-state index contributed by atoms with van der Waals surface area (Å²) in [5.74, 6) is -1.06. The van der Waals surface area contributed by atoms with Crippen LogP contribution in [0.3, 0.4) is 0 Å². The number of anilines is 1. The van der Waals surface area contributed by atoms with Gasteiger partial charge in [0, 0.05) is 12.1 Å². The van der Waals surface area contributed by atoms with Crippen LogP contribution >= 0.6 is 0 Å². The number of ether oxygens (including phenoxy) is 2. The summed E-state index contributed by atoms with van der Waals surface area (Å²) in [6.07, 6.45) is 2.52. The van der Waals surface area contributed by atoms with Gasteiger partial charge >= 0.3 is 5.97 Å². The van der Waals surface area contributed by atoms with E-state index in [0.29, 0.717) is 6.42 Å². The van der Waals surface area contributed by atoms with E-state index in [1.807, 2.05) is 6.92 Å². The molecule has 1 amide bonds. The topological polar surface area (TPSA) is 108 Å². The molecule has 0 aliphatic carbocycles. The van der Waals surface area contributed by atoms with Crippen molar-refractivity contribution in [3.8, 4) is 5.75 Å². The number of non-ortho nitro benzene ring substituents is 1. The van der Waals surface area contributed by atoms with Crippen molar-refractivity contribution in [3.05, 3.63) is 40.5 Å². The SMILES string of the molecule is CC/C=C/C(=O)O[C@@H](C)C(=O)Nc1ccc([N+](=O)[O-])cc1OC. The number of hydrogen-bond donors (Lipinski definition) is 1. The minimum Gasteiger partial charge on any atom is -0.494 e. The third-order valence-corrected chi connectivity index (χ3v) is 2.81. The van der Waals surface area contributed by atoms with Crippen molar-refractivity contribution in [2.24, 2.45) is 0 Å². The molecular weight excluding hydrogens is 304 g/mol. The number of nitro benzene ring substituents is 1. The molecule has 23 heavy (non-hydrogen) atoms. The van der Waals surface area contributed by atoms with Gasteiger partial charge in [-0.25, -0.2) is 4.79 Å². The fraction of sp³-hybridized carbons (Fsp3) is 0.333. The Labute approximate surface area is 133 Å². The van der Waals surface area contributed by atoms with Crippen LogP contribution < -0.4 is 10.1 Å². The molecule has 0 spiro atoms. The number of hydrogen-bond acceptors (Lipinski definition) is 6. The monoisotopic (exact) mass is 322 g/mol. The van der Waals surface area contributed by atoms with E-state index >= 15 is 0 Å². The lowest BCUT2D eigenvalue weighted by Crippen LogP contribution is -2.29. The first-order valence-electron chi connectivity index (χ1n) is 6.89. The van der Waals surface area contributed by atoms with Crippen LogP contribution in [0.1, 0.15) is 20.3 Å². The Bertz CT molecular complexity index is 626. The lowest BCUT2D eigenvalue weighted by molar-refractivity contribution is -0.384. The Hall–Kier alpha value is -2.90. The van der Waals surface area contributed by atoms with Crippen molar-refractivity contribution in [2.45, 2.75) is 26.4 Å². The van der Waals surface area contributed by atoms with Gasteiger partial charge in [-0.15, -0.1) is 0 Å². The lowest BCUT2D eigenvalue weighted by atomic mass is 10.2. The summed E-state index contributed by atoms with van der Waals surface area (Å²) in [6.45, 7) is 3.28. The molecule has 0 aliphatic heterocycles. The van der Waals surface area contributed by atoms with Crippen LogP contribution in [-0.2, 0) is 14.3 Å². The van der Waals surface area contributed by atoms with Crippen LogP contribution in [0.5, 0.6) is 5.75 Å². The summed E-state index contributed by atoms with van der Waals surface area (Å²) in [7, 11) is 1.33. The second kappa shape index (κ2) is 8.52. The predicted octanol–water partition coefficient (Wildman–Crippen LogP) is 2.44. The molecule has 1 atom stereocenters. The van der Waals surface area contributed by atoms with Crippen molar-refractivity contribution >= 4 is 23.3 Å². The highest BCUT2D eigenvalue weighted by atomic mass is 16.6. The molecule has 0 aromatic heterocycles. The Morgan fingerprint density at radius 1 is 1.43 bits per heavy atom. The number of carbonyl (C=O) groups is 2. The zero-order valence-corrected chi connectivity index (χ0v) is 13.1. The summed E-state index contributed by atoms with van der Waals surface area (Å²) in [5.41, 5.74) is 0.0825. The second-order valence-corrected chi connectivity index (χ2v) is 4.52. The number of nitrogens with one attached hydrogen (secondary N) is 1. The van der Waals surface area contributed by atoms with Crippen LogP contribution in [0.2, 0.25) is 0 Å². The smallest absolute Gasteiger partial charge is 0.331 e. The number of rotatable bonds is 7. The van der Waals surface area contributed by atoms with Crippen LogP contribution in [-0.4, -0.2) is 30.0 Å². The van der Waals surface area contributed by atoms with Crippen molar-refractivity contribution in [2.75, 3.05) is 12.4 Å². The minimum atomic E-state index is -1.02. The molecular formula is C15H18N2O6. The molecule has 124 valence electrons. The number of amides is 1. The van der Waals surface area contributed by atoms with E-state index in [-0.39, 0.29) is 17.1 Å². The van der Waals surface area contributed by atoms with Crippen molar-refractivity contribution < 1.29 is 24.0 Å². The normalized spacial score (nSPS) is 11.8. The molecule has 0 aliphatic rings. The first kappa shape index (κ1) is 18.1. The molecule has 1 aromatic carbocycles. The van der Waals surface area contributed by atoms with E-state index in [2.05, 4.69) is 5.32 Å². The van der Waals surface area contributed by atoms with Gasteiger partial charge in [0.15, 0.2) is 6.10 Å². The van der Waals surface area contributed by atoms with E-state index in [0.717, 1.165) is 0 Å². The standard InChI is InChI=1S/C15H18N2O6/c1-4-5-6-14(18)23-10(2)15(19)16-12-8-7-11(17(20)21)9-13(12)22-3/h5-10H,4H2,1-3H3,(H,16,19)/b6-5+/t10-/m0/s1. The number of nitro groups is 1. The third-order valence-electron chi connectivity index (χ3n) is 2.81. The largest absolute Gasteiger partial charge is 0.494 e. The van der Waals surface area contributed by atoms with Crippen molar-refractivity contribution in [1.29, 1.82) is 0 Å². The van der Waals surface area contributed by atoms with Crippen LogP contribution in [0, 0.1) is 10.1 Å². The summed E-state index contributed by atoms with van der Waals surface area (Å²) >= 11 is 0. The Kier molecular flexibility index (Phi) is 6.72. The molecule has 8 nitrogen and oxygen atoms in total. The number of esters is 1. The highest BCUT2D eigenvalue weighted by Crippen LogP contribution is 2.29. The average Bonchev–Trinajstić information content (AvgIpc) is 2.52. The molecule has 1 rings (SSSR count). The van der Waals surface area contributed by atoms with Gasteiger partial charge in [0.05, 0.1) is 23.8 Å². The minimum absolute atomic E-state index is 0.136. The van der Waals surface area contributed by atoms with Gasteiger partial charge in [0.1, 0.15) is 5.75 Å². The van der Waals surface area contributed by atoms with Gasteiger partial charge in [-0.1, -0.05) is 13.0 Å². The fourth-order valence-corrected chi connectivity index (χ4v) is 1.61. The van der Waals surface area contributed by atoms with Crippen LogP contribution in [0.15, 0.2) is 30.4 Å². The molecule has 0 fully saturated rings. The number of benzene rings is 1. The molecule has 8 heteroatoms. The highest BCUT2D eigenvalue weighted by molar-refractivity contribution is 5.97. The van der Waals surface area contributed by atoms with Crippen molar-refractivity contribution in [3.63, 3.8) is 0 Å². The maximum atomic E-state index is 12.0. The third kappa shape index (κ3) is 5.42. The first-order valence-corrected chi connectivity index (χ1v) is 6.89. The molecule has 0 saturated heterocycles. The molecule has 0 unspecified atom stereocenters. The van der Waals surface area contributed by atoms with Gasteiger partial charge in [0.2, 0.25) is 0 Å². The lowest BCUT2D eigenvalue weighted by Gasteiger charge is -2.14. The van der Waals surface area contributed by atoms with Crippen molar-refractivity contribution in [1.82, 2.24) is 0 Å².